The second-order valence-electron chi connectivity index (χ2n) is 4.67. The van der Waals surface area contributed by atoms with Crippen LogP contribution in [-0.2, 0) is 6.54 Å². The summed E-state index contributed by atoms with van der Waals surface area (Å²) in [5.74, 6) is 0. The molecule has 1 aromatic heterocycles. The zero-order chi connectivity index (χ0) is 14.6. The van der Waals surface area contributed by atoms with Crippen LogP contribution in [0, 0.1) is 17.0 Å². The van der Waals surface area contributed by atoms with Crippen molar-refractivity contribution in [3.63, 3.8) is 0 Å². The molecule has 7 heteroatoms. The molecule has 0 atom stereocenters. The number of aromatic nitrogens is 1. The van der Waals surface area contributed by atoms with Crippen LogP contribution in [-0.4, -0.2) is 22.1 Å². The molecule has 1 N–H and O–H groups in total. The molecule has 0 aliphatic rings. The lowest BCUT2D eigenvalue weighted by Crippen LogP contribution is -2.27. The topological polar surface area (TPSA) is 77.2 Å². The van der Waals surface area contributed by atoms with Gasteiger partial charge >= 0.3 is 0 Å². The minimum Gasteiger partial charge on any atom is -0.314 e. The molecule has 0 amide bonds. The van der Waals surface area contributed by atoms with Crippen LogP contribution in [0.2, 0.25) is 0 Å². The predicted octanol–water partition coefficient (Wildman–Crippen LogP) is 2.22. The van der Waals surface area contributed by atoms with Gasteiger partial charge in [-0.05, 0) is 35.8 Å². The summed E-state index contributed by atoms with van der Waals surface area (Å²) in [6.45, 7) is 6.87. The van der Waals surface area contributed by atoms with E-state index in [0.29, 0.717) is 18.2 Å². The highest BCUT2D eigenvalue weighted by Gasteiger charge is 2.18. The first-order valence-electron chi connectivity index (χ1n) is 6.12. The third kappa shape index (κ3) is 4.14. The lowest BCUT2D eigenvalue weighted by molar-refractivity contribution is -0.386. The maximum Gasteiger partial charge on any atom is 0.289 e. The van der Waals surface area contributed by atoms with Gasteiger partial charge in [-0.2, -0.15) is 0 Å². The van der Waals surface area contributed by atoms with E-state index < -0.39 is 4.92 Å². The second-order valence-corrected chi connectivity index (χ2v) is 5.46. The highest BCUT2D eigenvalue weighted by atomic mass is 79.9. The van der Waals surface area contributed by atoms with Gasteiger partial charge in [0.25, 0.3) is 11.2 Å². The Bertz CT molecular complexity index is 526. The zero-order valence-corrected chi connectivity index (χ0v) is 12.9. The van der Waals surface area contributed by atoms with Crippen LogP contribution in [0.5, 0.6) is 0 Å². The summed E-state index contributed by atoms with van der Waals surface area (Å²) in [6, 6.07) is 0.385. The van der Waals surface area contributed by atoms with E-state index in [4.69, 9.17) is 0 Å². The number of halogens is 1. The van der Waals surface area contributed by atoms with Crippen molar-refractivity contribution in [2.24, 2.45) is 0 Å². The Balaban J connectivity index is 2.89. The SMILES string of the molecule is Cc1c([N+](=O)[O-])cn(CCCNC(C)C)c(=O)c1Br. The second kappa shape index (κ2) is 6.81. The number of aryl methyl sites for hydroxylation is 1. The molecule has 0 saturated carbocycles. The van der Waals surface area contributed by atoms with Gasteiger partial charge < -0.3 is 9.88 Å². The molecule has 106 valence electrons. The van der Waals surface area contributed by atoms with Crippen LogP contribution in [0.15, 0.2) is 15.5 Å². The average Bonchev–Trinajstić information content (AvgIpc) is 2.33. The van der Waals surface area contributed by atoms with Gasteiger partial charge in [-0.1, -0.05) is 13.8 Å². The summed E-state index contributed by atoms with van der Waals surface area (Å²) in [4.78, 5) is 22.4. The highest BCUT2D eigenvalue weighted by Crippen LogP contribution is 2.22. The van der Waals surface area contributed by atoms with Crippen LogP contribution in [0.1, 0.15) is 25.8 Å². The van der Waals surface area contributed by atoms with Crippen LogP contribution in [0.3, 0.4) is 0 Å². The first-order chi connectivity index (χ1) is 8.84. The molecule has 0 aromatic carbocycles. The largest absolute Gasteiger partial charge is 0.314 e. The summed E-state index contributed by atoms with van der Waals surface area (Å²) in [6.07, 6.45) is 2.06. The van der Waals surface area contributed by atoms with Gasteiger partial charge in [0.05, 0.1) is 15.6 Å². The van der Waals surface area contributed by atoms with Gasteiger partial charge in [0.15, 0.2) is 0 Å². The fourth-order valence-electron chi connectivity index (χ4n) is 1.69. The first kappa shape index (κ1) is 15.8. The minimum absolute atomic E-state index is 0.0386. The summed E-state index contributed by atoms with van der Waals surface area (Å²) < 4.78 is 1.65. The standard InChI is InChI=1S/C12H18BrN3O3/c1-8(2)14-5-4-6-15-7-10(16(18)19)9(3)11(13)12(15)17/h7-8,14H,4-6H2,1-3H3. The van der Waals surface area contributed by atoms with Crippen LogP contribution < -0.4 is 10.9 Å². The smallest absolute Gasteiger partial charge is 0.289 e. The lowest BCUT2D eigenvalue weighted by atomic mass is 10.2. The predicted molar refractivity (Wildman–Crippen MR) is 77.5 cm³/mol. The van der Waals surface area contributed by atoms with E-state index in [1.165, 1.54) is 10.8 Å². The molecule has 0 fully saturated rings. The van der Waals surface area contributed by atoms with Crippen LogP contribution in [0.4, 0.5) is 5.69 Å². The van der Waals surface area contributed by atoms with E-state index in [1.807, 2.05) is 13.8 Å². The molecular formula is C12H18BrN3O3. The van der Waals surface area contributed by atoms with E-state index >= 15 is 0 Å². The van der Waals surface area contributed by atoms with Crippen molar-refractivity contribution in [3.8, 4) is 0 Å². The van der Waals surface area contributed by atoms with Crippen molar-refractivity contribution in [1.82, 2.24) is 9.88 Å². The molecule has 0 bridgehead atoms. The number of nitrogens with zero attached hydrogens (tertiary/aromatic N) is 2. The summed E-state index contributed by atoms with van der Waals surface area (Å²) in [5.41, 5.74) is 0.0995. The van der Waals surface area contributed by atoms with Crippen LogP contribution in [0.25, 0.3) is 0 Å². The normalized spacial score (nSPS) is 11.0. The highest BCUT2D eigenvalue weighted by molar-refractivity contribution is 9.10. The maximum absolute atomic E-state index is 12.0. The number of hydrogen-bond donors (Lipinski definition) is 1. The Morgan fingerprint density at radius 2 is 2.16 bits per heavy atom. The number of nitrogens with one attached hydrogen (secondary N) is 1. The van der Waals surface area contributed by atoms with Gasteiger partial charge in [0, 0.05) is 18.2 Å². The Hall–Kier alpha value is -1.21. The quantitative estimate of drug-likeness (QED) is 0.492. The fourth-order valence-corrected chi connectivity index (χ4v) is 2.12. The van der Waals surface area contributed by atoms with Gasteiger partial charge in [0.2, 0.25) is 0 Å². The Labute approximate surface area is 120 Å². The fraction of sp³-hybridized carbons (Fsp3) is 0.583. The molecule has 0 aliphatic carbocycles. The van der Waals surface area contributed by atoms with E-state index in [-0.39, 0.29) is 15.7 Å². The number of rotatable bonds is 6. The number of pyridine rings is 1. The molecule has 1 aromatic rings. The molecular weight excluding hydrogens is 314 g/mol. The number of hydrogen-bond acceptors (Lipinski definition) is 4. The third-order valence-corrected chi connectivity index (χ3v) is 3.70. The van der Waals surface area contributed by atoms with Gasteiger partial charge in [0.1, 0.15) is 0 Å². The lowest BCUT2D eigenvalue weighted by Gasteiger charge is -2.10. The summed E-state index contributed by atoms with van der Waals surface area (Å²) in [5, 5.41) is 14.2. The van der Waals surface area contributed by atoms with Crippen molar-refractivity contribution in [3.05, 3.63) is 36.7 Å². The van der Waals surface area contributed by atoms with Gasteiger partial charge in [-0.25, -0.2) is 0 Å². The van der Waals surface area contributed by atoms with E-state index in [2.05, 4.69) is 21.2 Å². The van der Waals surface area contributed by atoms with Crippen molar-refractivity contribution in [1.29, 1.82) is 0 Å². The monoisotopic (exact) mass is 331 g/mol. The van der Waals surface area contributed by atoms with E-state index in [0.717, 1.165) is 13.0 Å². The van der Waals surface area contributed by atoms with Crippen molar-refractivity contribution in [2.75, 3.05) is 6.54 Å². The minimum atomic E-state index is -0.470. The molecule has 0 aliphatic heterocycles. The van der Waals surface area contributed by atoms with E-state index in [1.54, 1.807) is 6.92 Å². The maximum atomic E-state index is 12.0. The van der Waals surface area contributed by atoms with Crippen molar-refractivity contribution >= 4 is 21.6 Å². The van der Waals surface area contributed by atoms with Crippen molar-refractivity contribution < 1.29 is 4.92 Å². The Kier molecular flexibility index (Phi) is 5.68. The van der Waals surface area contributed by atoms with Gasteiger partial charge in [-0.3, -0.25) is 14.9 Å². The number of nitro groups is 1. The molecule has 19 heavy (non-hydrogen) atoms. The summed E-state index contributed by atoms with van der Waals surface area (Å²) in [7, 11) is 0. The molecule has 0 spiro atoms. The van der Waals surface area contributed by atoms with Crippen LogP contribution >= 0.6 is 15.9 Å². The van der Waals surface area contributed by atoms with Gasteiger partial charge in [-0.15, -0.1) is 0 Å². The molecule has 0 saturated heterocycles. The zero-order valence-electron chi connectivity index (χ0n) is 11.3. The average molecular weight is 332 g/mol. The molecule has 0 unspecified atom stereocenters. The van der Waals surface area contributed by atoms with E-state index in [9.17, 15) is 14.9 Å². The first-order valence-corrected chi connectivity index (χ1v) is 6.91. The molecule has 6 nitrogen and oxygen atoms in total. The summed E-state index contributed by atoms with van der Waals surface area (Å²) >= 11 is 3.13. The third-order valence-electron chi connectivity index (χ3n) is 2.77. The van der Waals surface area contributed by atoms with Crippen molar-refractivity contribution in [2.45, 2.75) is 39.8 Å². The Morgan fingerprint density at radius 3 is 2.68 bits per heavy atom. The molecule has 1 heterocycles. The molecule has 0 radical (unpaired) electrons. The molecule has 1 rings (SSSR count). The Morgan fingerprint density at radius 1 is 1.53 bits per heavy atom.